The van der Waals surface area contributed by atoms with Gasteiger partial charge in [0.1, 0.15) is 10.8 Å². The second kappa shape index (κ2) is 7.68. The summed E-state index contributed by atoms with van der Waals surface area (Å²) in [7, 11) is -2.04. The third-order valence-electron chi connectivity index (χ3n) is 4.28. The lowest BCUT2D eigenvalue weighted by molar-refractivity contribution is -0.120. The van der Waals surface area contributed by atoms with E-state index in [1.54, 1.807) is 12.1 Å². The van der Waals surface area contributed by atoms with E-state index in [-0.39, 0.29) is 16.7 Å². The van der Waals surface area contributed by atoms with Crippen LogP contribution in [0.3, 0.4) is 0 Å². The van der Waals surface area contributed by atoms with Crippen LogP contribution in [0.25, 0.3) is 0 Å². The largest absolute Gasteiger partial charge is 0.497 e. The van der Waals surface area contributed by atoms with Crippen molar-refractivity contribution in [1.29, 1.82) is 0 Å². The number of rotatable bonds is 5. The number of amides is 1. The zero-order valence-electron chi connectivity index (χ0n) is 14.5. The highest BCUT2D eigenvalue weighted by Crippen LogP contribution is 2.26. The fraction of sp³-hybridized carbons (Fsp3) is 0.438. The van der Waals surface area contributed by atoms with Crippen molar-refractivity contribution in [2.75, 3.05) is 25.5 Å². The van der Waals surface area contributed by atoms with Gasteiger partial charge in [0.05, 0.1) is 12.0 Å². The van der Waals surface area contributed by atoms with Crippen LogP contribution in [0.5, 0.6) is 5.75 Å². The number of sulfonamides is 1. The molecule has 1 aromatic carbocycles. The van der Waals surface area contributed by atoms with Crippen LogP contribution in [0, 0.1) is 12.8 Å². The van der Waals surface area contributed by atoms with Gasteiger partial charge in [0.15, 0.2) is 0 Å². The number of methoxy groups -OCH3 is 1. The van der Waals surface area contributed by atoms with Gasteiger partial charge in [0.2, 0.25) is 21.1 Å². The molecule has 0 radical (unpaired) electrons. The highest BCUT2D eigenvalue weighted by molar-refractivity contribution is 7.89. The number of benzene rings is 1. The molecule has 3 rings (SSSR count). The van der Waals surface area contributed by atoms with Gasteiger partial charge in [-0.25, -0.2) is 8.42 Å². The van der Waals surface area contributed by atoms with Gasteiger partial charge >= 0.3 is 0 Å². The molecule has 1 amide bonds. The highest BCUT2D eigenvalue weighted by Gasteiger charge is 2.32. The third-order valence-corrected chi connectivity index (χ3v) is 6.95. The number of nitrogens with zero attached hydrogens (tertiary/aromatic N) is 3. The van der Waals surface area contributed by atoms with E-state index < -0.39 is 10.0 Å². The number of piperidine rings is 1. The van der Waals surface area contributed by atoms with Gasteiger partial charge in [0, 0.05) is 19.0 Å². The van der Waals surface area contributed by atoms with Crippen molar-refractivity contribution in [3.63, 3.8) is 0 Å². The lowest BCUT2D eigenvalue weighted by Crippen LogP contribution is -2.41. The van der Waals surface area contributed by atoms with Crippen molar-refractivity contribution >= 4 is 32.4 Å². The van der Waals surface area contributed by atoms with Crippen molar-refractivity contribution < 1.29 is 17.9 Å². The molecule has 1 N–H and O–H groups in total. The molecule has 1 fully saturated rings. The number of nitrogens with one attached hydrogen (secondary N) is 1. The van der Waals surface area contributed by atoms with Gasteiger partial charge in [-0.2, -0.15) is 4.31 Å². The summed E-state index contributed by atoms with van der Waals surface area (Å²) in [5.41, 5.74) is 0. The number of ether oxygens (including phenoxy) is 1. The Morgan fingerprint density at radius 1 is 1.23 bits per heavy atom. The first-order valence-corrected chi connectivity index (χ1v) is 10.4. The van der Waals surface area contributed by atoms with Gasteiger partial charge in [-0.05, 0) is 44.0 Å². The Hall–Kier alpha value is -2.04. The topological polar surface area (TPSA) is 101 Å². The van der Waals surface area contributed by atoms with Gasteiger partial charge < -0.3 is 10.1 Å². The maximum absolute atomic E-state index is 12.7. The predicted octanol–water partition coefficient (Wildman–Crippen LogP) is 1.89. The zero-order valence-corrected chi connectivity index (χ0v) is 16.1. The number of hydrogen-bond acceptors (Lipinski definition) is 7. The molecule has 1 aliphatic heterocycles. The number of aromatic nitrogens is 2. The first-order valence-electron chi connectivity index (χ1n) is 8.15. The average Bonchev–Trinajstić information content (AvgIpc) is 3.06. The second-order valence-electron chi connectivity index (χ2n) is 5.97. The van der Waals surface area contributed by atoms with Crippen molar-refractivity contribution in [1.82, 2.24) is 14.5 Å². The fourth-order valence-corrected chi connectivity index (χ4v) is 4.87. The lowest BCUT2D eigenvalue weighted by atomic mass is 9.97. The molecule has 26 heavy (non-hydrogen) atoms. The van der Waals surface area contributed by atoms with Crippen LogP contribution < -0.4 is 10.1 Å². The molecular formula is C16H20N4O4S2. The molecule has 1 saturated heterocycles. The van der Waals surface area contributed by atoms with Crippen LogP contribution in [-0.2, 0) is 14.8 Å². The van der Waals surface area contributed by atoms with E-state index in [0.29, 0.717) is 36.8 Å². The Bertz CT molecular complexity index is 872. The van der Waals surface area contributed by atoms with Crippen LogP contribution in [-0.4, -0.2) is 49.0 Å². The Morgan fingerprint density at radius 2 is 1.88 bits per heavy atom. The Labute approximate surface area is 156 Å². The fourth-order valence-electron chi connectivity index (χ4n) is 2.81. The number of carbonyl (C=O) groups is 1. The molecule has 0 aliphatic carbocycles. The lowest BCUT2D eigenvalue weighted by Gasteiger charge is -2.30. The summed E-state index contributed by atoms with van der Waals surface area (Å²) < 4.78 is 31.9. The summed E-state index contributed by atoms with van der Waals surface area (Å²) >= 11 is 1.31. The normalized spacial score (nSPS) is 16.4. The van der Waals surface area contributed by atoms with Crippen molar-refractivity contribution in [3.05, 3.63) is 29.3 Å². The van der Waals surface area contributed by atoms with Crippen LogP contribution >= 0.6 is 11.3 Å². The van der Waals surface area contributed by atoms with Gasteiger partial charge in [0.25, 0.3) is 0 Å². The van der Waals surface area contributed by atoms with E-state index in [2.05, 4.69) is 15.5 Å². The molecule has 10 heteroatoms. The van der Waals surface area contributed by atoms with Gasteiger partial charge in [-0.1, -0.05) is 11.3 Å². The van der Waals surface area contributed by atoms with Crippen LogP contribution in [0.1, 0.15) is 17.8 Å². The minimum absolute atomic E-state index is 0.136. The molecule has 140 valence electrons. The maximum Gasteiger partial charge on any atom is 0.243 e. The number of aryl methyl sites for hydroxylation is 1. The molecule has 1 aromatic heterocycles. The third kappa shape index (κ3) is 4.02. The minimum atomic E-state index is -3.57. The first kappa shape index (κ1) is 18.7. The Balaban J connectivity index is 1.60. The summed E-state index contributed by atoms with van der Waals surface area (Å²) in [6.07, 6.45) is 0.942. The van der Waals surface area contributed by atoms with E-state index in [9.17, 15) is 13.2 Å². The van der Waals surface area contributed by atoms with E-state index >= 15 is 0 Å². The summed E-state index contributed by atoms with van der Waals surface area (Å²) in [4.78, 5) is 12.5. The van der Waals surface area contributed by atoms with Crippen molar-refractivity contribution in [2.45, 2.75) is 24.7 Å². The average molecular weight is 396 g/mol. The molecule has 0 unspecified atom stereocenters. The standard InChI is InChI=1S/C16H20N4O4S2/c1-11-18-19-16(25-11)17-15(21)12-7-9-20(10-8-12)26(22,23)14-5-3-13(24-2)4-6-14/h3-6,12H,7-10H2,1-2H3,(H,17,19,21). The molecular weight excluding hydrogens is 376 g/mol. The number of anilines is 1. The second-order valence-corrected chi connectivity index (χ2v) is 9.09. The van der Waals surface area contributed by atoms with Crippen LogP contribution in [0.4, 0.5) is 5.13 Å². The molecule has 1 aliphatic rings. The van der Waals surface area contributed by atoms with E-state index in [1.165, 1.54) is 34.9 Å². The highest BCUT2D eigenvalue weighted by atomic mass is 32.2. The molecule has 0 atom stereocenters. The van der Waals surface area contributed by atoms with Gasteiger partial charge in [-0.15, -0.1) is 10.2 Å². The monoisotopic (exact) mass is 396 g/mol. The molecule has 2 aromatic rings. The zero-order chi connectivity index (χ0) is 18.7. The summed E-state index contributed by atoms with van der Waals surface area (Å²) in [6, 6.07) is 6.31. The SMILES string of the molecule is COc1ccc(S(=O)(=O)N2CCC(C(=O)Nc3nnc(C)s3)CC2)cc1. The Morgan fingerprint density at radius 3 is 2.42 bits per heavy atom. The molecule has 0 spiro atoms. The molecule has 2 heterocycles. The number of carbonyl (C=O) groups excluding carboxylic acids is 1. The van der Waals surface area contributed by atoms with E-state index in [1.807, 2.05) is 6.92 Å². The van der Waals surface area contributed by atoms with Crippen LogP contribution in [0.2, 0.25) is 0 Å². The van der Waals surface area contributed by atoms with Gasteiger partial charge in [-0.3, -0.25) is 4.79 Å². The first-order chi connectivity index (χ1) is 12.4. The Kier molecular flexibility index (Phi) is 5.54. The summed E-state index contributed by atoms with van der Waals surface area (Å²) in [6.45, 7) is 2.43. The molecule has 0 bridgehead atoms. The summed E-state index contributed by atoms with van der Waals surface area (Å²) in [5.74, 6) is 0.232. The van der Waals surface area contributed by atoms with E-state index in [0.717, 1.165) is 5.01 Å². The van der Waals surface area contributed by atoms with E-state index in [4.69, 9.17) is 4.74 Å². The molecule has 8 nitrogen and oxygen atoms in total. The maximum atomic E-state index is 12.7. The molecule has 0 saturated carbocycles. The quantitative estimate of drug-likeness (QED) is 0.828. The minimum Gasteiger partial charge on any atom is -0.497 e. The van der Waals surface area contributed by atoms with Crippen LogP contribution in [0.15, 0.2) is 29.2 Å². The predicted molar refractivity (Wildman–Crippen MR) is 97.8 cm³/mol. The summed E-state index contributed by atoms with van der Waals surface area (Å²) in [5, 5.41) is 11.7. The number of hydrogen-bond donors (Lipinski definition) is 1. The van der Waals surface area contributed by atoms with Crippen molar-refractivity contribution in [3.8, 4) is 5.75 Å². The van der Waals surface area contributed by atoms with Crippen molar-refractivity contribution in [2.24, 2.45) is 5.92 Å². The smallest absolute Gasteiger partial charge is 0.243 e.